The van der Waals surface area contributed by atoms with Crippen LogP contribution < -0.4 is 10.1 Å². The molecule has 0 bridgehead atoms. The first kappa shape index (κ1) is 20.5. The van der Waals surface area contributed by atoms with Gasteiger partial charge in [-0.1, -0.05) is 25.1 Å². The van der Waals surface area contributed by atoms with E-state index in [4.69, 9.17) is 9.84 Å². The third kappa shape index (κ3) is 4.76. The summed E-state index contributed by atoms with van der Waals surface area (Å²) >= 11 is 0. The highest BCUT2D eigenvalue weighted by molar-refractivity contribution is 5.75. The predicted molar refractivity (Wildman–Crippen MR) is 107 cm³/mol. The molecular formula is C21H31N3O4. The van der Waals surface area contributed by atoms with Crippen molar-refractivity contribution in [2.75, 3.05) is 26.7 Å². The summed E-state index contributed by atoms with van der Waals surface area (Å²) < 4.78 is 5.45. The Bertz CT molecular complexity index is 690. The lowest BCUT2D eigenvalue weighted by atomic mass is 9.85. The first-order valence-electron chi connectivity index (χ1n) is 10.2. The van der Waals surface area contributed by atoms with Gasteiger partial charge in [0.05, 0.1) is 13.7 Å². The van der Waals surface area contributed by atoms with Gasteiger partial charge in [0.15, 0.2) is 0 Å². The summed E-state index contributed by atoms with van der Waals surface area (Å²) in [6, 6.07) is 8.54. The second-order valence-corrected chi connectivity index (χ2v) is 7.73. The average molecular weight is 389 g/mol. The average Bonchev–Trinajstić information content (AvgIpc) is 3.11. The molecule has 7 heteroatoms. The third-order valence-corrected chi connectivity index (χ3v) is 5.99. The molecular weight excluding hydrogens is 358 g/mol. The standard InChI is InChI=1S/C21H31N3O4/c1-3-23(14-20(25)26)18-12-16(13-18)22-21(27)24-10-6-8-17(24)11-15-7-4-5-9-19(15)28-2/h4-5,7,9,16-18H,3,6,8,10-14H2,1-2H3,(H,22,27)(H,25,26). The minimum absolute atomic E-state index is 0.00197. The fourth-order valence-corrected chi connectivity index (χ4v) is 4.37. The van der Waals surface area contributed by atoms with Crippen molar-refractivity contribution in [1.82, 2.24) is 15.1 Å². The molecule has 1 atom stereocenters. The van der Waals surface area contributed by atoms with Gasteiger partial charge in [0.2, 0.25) is 0 Å². The Morgan fingerprint density at radius 3 is 2.75 bits per heavy atom. The summed E-state index contributed by atoms with van der Waals surface area (Å²) in [5, 5.41) is 12.1. The Balaban J connectivity index is 1.51. The minimum Gasteiger partial charge on any atom is -0.496 e. The number of benzene rings is 1. The van der Waals surface area contributed by atoms with Gasteiger partial charge in [-0.15, -0.1) is 0 Å². The van der Waals surface area contributed by atoms with Crippen LogP contribution in [-0.2, 0) is 11.2 Å². The number of carbonyl (C=O) groups is 2. The van der Waals surface area contributed by atoms with Crippen molar-refractivity contribution in [3.05, 3.63) is 29.8 Å². The number of carbonyl (C=O) groups excluding carboxylic acids is 1. The first-order valence-corrected chi connectivity index (χ1v) is 10.2. The predicted octanol–water partition coefficient (Wildman–Crippen LogP) is 2.35. The number of carboxylic acids is 1. The van der Waals surface area contributed by atoms with E-state index in [1.807, 2.05) is 34.9 Å². The number of carboxylic acid groups (broad SMARTS) is 1. The molecule has 28 heavy (non-hydrogen) atoms. The molecule has 1 saturated heterocycles. The molecule has 7 nitrogen and oxygen atoms in total. The number of hydrogen-bond acceptors (Lipinski definition) is 4. The molecule has 2 amide bonds. The Hall–Kier alpha value is -2.28. The van der Waals surface area contributed by atoms with Crippen LogP contribution in [0.15, 0.2) is 24.3 Å². The van der Waals surface area contributed by atoms with Gasteiger partial charge in [0.25, 0.3) is 0 Å². The fraction of sp³-hybridized carbons (Fsp3) is 0.619. The number of likely N-dealkylation sites (N-methyl/N-ethyl adjacent to an activating group) is 1. The molecule has 0 spiro atoms. The van der Waals surface area contributed by atoms with E-state index >= 15 is 0 Å². The van der Waals surface area contributed by atoms with E-state index < -0.39 is 5.97 Å². The number of hydrogen-bond donors (Lipinski definition) is 2. The summed E-state index contributed by atoms with van der Waals surface area (Å²) in [6.07, 6.45) is 4.45. The van der Waals surface area contributed by atoms with Gasteiger partial charge in [-0.05, 0) is 50.3 Å². The highest BCUT2D eigenvalue weighted by Gasteiger charge is 2.37. The summed E-state index contributed by atoms with van der Waals surface area (Å²) in [4.78, 5) is 27.7. The van der Waals surface area contributed by atoms with Crippen molar-refractivity contribution >= 4 is 12.0 Å². The summed E-state index contributed by atoms with van der Waals surface area (Å²) in [5.41, 5.74) is 1.13. The van der Waals surface area contributed by atoms with E-state index in [-0.39, 0.29) is 30.7 Å². The molecule has 2 fully saturated rings. The third-order valence-electron chi connectivity index (χ3n) is 5.99. The number of aliphatic carboxylic acids is 1. The van der Waals surface area contributed by atoms with Crippen molar-refractivity contribution in [2.24, 2.45) is 0 Å². The number of rotatable bonds is 8. The maximum atomic E-state index is 12.8. The van der Waals surface area contributed by atoms with Crippen LogP contribution in [0.2, 0.25) is 0 Å². The first-order chi connectivity index (χ1) is 13.5. The molecule has 0 radical (unpaired) electrons. The van der Waals surface area contributed by atoms with Crippen LogP contribution in [0.1, 0.15) is 38.2 Å². The number of nitrogens with zero attached hydrogens (tertiary/aromatic N) is 2. The normalized spacial score (nSPS) is 24.1. The zero-order valence-corrected chi connectivity index (χ0v) is 16.8. The van der Waals surface area contributed by atoms with E-state index in [9.17, 15) is 9.59 Å². The number of ether oxygens (including phenoxy) is 1. The van der Waals surface area contributed by atoms with Crippen molar-refractivity contribution in [2.45, 2.75) is 57.2 Å². The van der Waals surface area contributed by atoms with Gasteiger partial charge >= 0.3 is 12.0 Å². The van der Waals surface area contributed by atoms with E-state index in [0.29, 0.717) is 6.54 Å². The van der Waals surface area contributed by atoms with Crippen LogP contribution in [-0.4, -0.2) is 71.8 Å². The molecule has 1 heterocycles. The molecule has 2 aliphatic rings. The second kappa shape index (κ2) is 9.28. The largest absolute Gasteiger partial charge is 0.496 e. The molecule has 2 N–H and O–H groups in total. The molecule has 1 unspecified atom stereocenters. The van der Waals surface area contributed by atoms with Crippen LogP contribution in [0.5, 0.6) is 5.75 Å². The van der Waals surface area contributed by atoms with Crippen LogP contribution in [0, 0.1) is 0 Å². The van der Waals surface area contributed by atoms with Gasteiger partial charge in [-0.3, -0.25) is 9.69 Å². The van der Waals surface area contributed by atoms with E-state index in [2.05, 4.69) is 11.4 Å². The lowest BCUT2D eigenvalue weighted by Gasteiger charge is -2.43. The number of nitrogens with one attached hydrogen (secondary N) is 1. The quantitative estimate of drug-likeness (QED) is 0.713. The number of urea groups is 1. The lowest BCUT2D eigenvalue weighted by molar-refractivity contribution is -0.139. The SMILES string of the molecule is CCN(CC(=O)O)C1CC(NC(=O)N2CCCC2Cc2ccccc2OC)C1. The van der Waals surface area contributed by atoms with E-state index in [1.165, 1.54) is 0 Å². The molecule has 1 aromatic rings. The van der Waals surface area contributed by atoms with Gasteiger partial charge in [-0.25, -0.2) is 4.79 Å². The lowest BCUT2D eigenvalue weighted by Crippen LogP contribution is -2.57. The monoisotopic (exact) mass is 389 g/mol. The maximum Gasteiger partial charge on any atom is 0.317 e. The highest BCUT2D eigenvalue weighted by Crippen LogP contribution is 2.28. The van der Waals surface area contributed by atoms with Crippen molar-refractivity contribution in [1.29, 1.82) is 0 Å². The van der Waals surface area contributed by atoms with Crippen molar-refractivity contribution in [3.63, 3.8) is 0 Å². The van der Waals surface area contributed by atoms with E-state index in [0.717, 1.165) is 50.0 Å². The maximum absolute atomic E-state index is 12.8. The number of likely N-dealkylation sites (tertiary alicyclic amines) is 1. The van der Waals surface area contributed by atoms with Crippen LogP contribution in [0.3, 0.4) is 0 Å². The molecule has 1 aromatic carbocycles. The van der Waals surface area contributed by atoms with Crippen molar-refractivity contribution < 1.29 is 19.4 Å². The molecule has 3 rings (SSSR count). The Labute approximate surface area is 166 Å². The van der Waals surface area contributed by atoms with Gasteiger partial charge in [0, 0.05) is 24.7 Å². The van der Waals surface area contributed by atoms with Gasteiger partial charge in [-0.2, -0.15) is 0 Å². The topological polar surface area (TPSA) is 82.1 Å². The van der Waals surface area contributed by atoms with E-state index in [1.54, 1.807) is 7.11 Å². The van der Waals surface area contributed by atoms with Gasteiger partial charge in [0.1, 0.15) is 5.75 Å². The molecule has 154 valence electrons. The Kier molecular flexibility index (Phi) is 6.78. The Morgan fingerprint density at radius 2 is 2.07 bits per heavy atom. The molecule has 1 aliphatic heterocycles. The Morgan fingerprint density at radius 1 is 1.32 bits per heavy atom. The fourth-order valence-electron chi connectivity index (χ4n) is 4.37. The number of para-hydroxylation sites is 1. The summed E-state index contributed by atoms with van der Waals surface area (Å²) in [7, 11) is 1.68. The summed E-state index contributed by atoms with van der Waals surface area (Å²) in [5.74, 6) is 0.0697. The van der Waals surface area contributed by atoms with Crippen LogP contribution in [0.25, 0.3) is 0 Å². The van der Waals surface area contributed by atoms with Crippen LogP contribution >= 0.6 is 0 Å². The molecule has 1 aliphatic carbocycles. The van der Waals surface area contributed by atoms with Crippen LogP contribution in [0.4, 0.5) is 4.79 Å². The molecule has 0 aromatic heterocycles. The smallest absolute Gasteiger partial charge is 0.317 e. The zero-order valence-electron chi connectivity index (χ0n) is 16.8. The zero-order chi connectivity index (χ0) is 20.1. The van der Waals surface area contributed by atoms with Crippen molar-refractivity contribution in [3.8, 4) is 5.75 Å². The minimum atomic E-state index is -0.800. The summed E-state index contributed by atoms with van der Waals surface area (Å²) in [6.45, 7) is 3.53. The highest BCUT2D eigenvalue weighted by atomic mass is 16.5. The van der Waals surface area contributed by atoms with Gasteiger partial charge < -0.3 is 20.1 Å². The number of amides is 2. The molecule has 1 saturated carbocycles. The second-order valence-electron chi connectivity index (χ2n) is 7.73. The number of methoxy groups -OCH3 is 1.